The molecule has 0 saturated heterocycles. The molecular weight excluding hydrogens is 355 g/mol. The van der Waals surface area contributed by atoms with E-state index in [4.69, 9.17) is 14.2 Å². The molecule has 0 heterocycles. The number of para-hydroxylation sites is 3. The summed E-state index contributed by atoms with van der Waals surface area (Å²) in [4.78, 5) is 23.8. The van der Waals surface area contributed by atoms with Crippen LogP contribution in [-0.2, 0) is 9.59 Å². The van der Waals surface area contributed by atoms with E-state index in [0.29, 0.717) is 18.1 Å². The number of hydrogen-bond donors (Lipinski definition) is 2. The topological polar surface area (TPSA) is 85.9 Å². The molecule has 0 bridgehead atoms. The molecule has 0 saturated carbocycles. The Morgan fingerprint density at radius 3 is 2.19 bits per heavy atom. The summed E-state index contributed by atoms with van der Waals surface area (Å²) >= 11 is 0. The van der Waals surface area contributed by atoms with E-state index >= 15 is 0 Å². The van der Waals surface area contributed by atoms with E-state index in [2.05, 4.69) is 10.9 Å². The zero-order valence-corrected chi connectivity index (χ0v) is 15.0. The Bertz CT molecular complexity index is 784. The second kappa shape index (κ2) is 10.0. The maximum absolute atomic E-state index is 13.5. The minimum Gasteiger partial charge on any atom is -0.490 e. The number of hydrazine groups is 1. The number of amides is 2. The molecule has 8 heteroatoms. The first kappa shape index (κ1) is 20.0. The predicted molar refractivity (Wildman–Crippen MR) is 95.9 cm³/mol. The van der Waals surface area contributed by atoms with Crippen molar-refractivity contribution in [2.75, 3.05) is 13.2 Å². The third-order valence-corrected chi connectivity index (χ3v) is 3.34. The summed E-state index contributed by atoms with van der Waals surface area (Å²) in [5.41, 5.74) is 4.41. The highest BCUT2D eigenvalue weighted by molar-refractivity contribution is 5.85. The van der Waals surface area contributed by atoms with Crippen LogP contribution in [0.5, 0.6) is 17.2 Å². The summed E-state index contributed by atoms with van der Waals surface area (Å²) in [6, 6.07) is 12.6. The van der Waals surface area contributed by atoms with E-state index in [0.717, 1.165) is 0 Å². The van der Waals surface area contributed by atoms with Crippen molar-refractivity contribution in [3.05, 3.63) is 54.3 Å². The van der Waals surface area contributed by atoms with E-state index in [-0.39, 0.29) is 12.4 Å². The summed E-state index contributed by atoms with van der Waals surface area (Å²) in [6.45, 7) is 3.40. The van der Waals surface area contributed by atoms with Crippen LogP contribution in [0.4, 0.5) is 4.39 Å². The van der Waals surface area contributed by atoms with Crippen molar-refractivity contribution >= 4 is 11.8 Å². The fraction of sp³-hybridized carbons (Fsp3) is 0.263. The first-order valence-electron chi connectivity index (χ1n) is 8.35. The zero-order chi connectivity index (χ0) is 19.6. The smallest absolute Gasteiger partial charge is 0.279 e. The fourth-order valence-electron chi connectivity index (χ4n) is 2.04. The number of halogens is 1. The number of carbonyl (C=O) groups is 2. The van der Waals surface area contributed by atoms with Gasteiger partial charge in [0, 0.05) is 0 Å². The lowest BCUT2D eigenvalue weighted by molar-refractivity contribution is -0.133. The molecule has 0 aromatic heterocycles. The van der Waals surface area contributed by atoms with E-state index in [9.17, 15) is 14.0 Å². The minimum absolute atomic E-state index is 0.0534. The van der Waals surface area contributed by atoms with Crippen molar-refractivity contribution in [3.63, 3.8) is 0 Å². The Morgan fingerprint density at radius 1 is 0.963 bits per heavy atom. The lowest BCUT2D eigenvalue weighted by Gasteiger charge is -2.16. The number of hydrogen-bond acceptors (Lipinski definition) is 5. The third kappa shape index (κ3) is 6.18. The minimum atomic E-state index is -1.01. The van der Waals surface area contributed by atoms with Crippen LogP contribution < -0.4 is 25.1 Å². The first-order valence-corrected chi connectivity index (χ1v) is 8.35. The molecule has 2 amide bonds. The average Bonchev–Trinajstić information content (AvgIpc) is 2.67. The second-order valence-corrected chi connectivity index (χ2v) is 5.40. The molecule has 0 radical (unpaired) electrons. The van der Waals surface area contributed by atoms with Gasteiger partial charge in [0.05, 0.1) is 6.61 Å². The van der Waals surface area contributed by atoms with Crippen molar-refractivity contribution in [1.29, 1.82) is 0 Å². The fourth-order valence-corrected chi connectivity index (χ4v) is 2.04. The van der Waals surface area contributed by atoms with E-state index in [1.54, 1.807) is 30.3 Å². The van der Waals surface area contributed by atoms with Crippen LogP contribution in [0.3, 0.4) is 0 Å². The highest BCUT2D eigenvalue weighted by Crippen LogP contribution is 2.26. The van der Waals surface area contributed by atoms with Gasteiger partial charge in [-0.05, 0) is 38.1 Å². The molecule has 2 aromatic rings. The summed E-state index contributed by atoms with van der Waals surface area (Å²) in [6.07, 6.45) is -1.01. The predicted octanol–water partition coefficient (Wildman–Crippen LogP) is 2.22. The molecule has 0 spiro atoms. The van der Waals surface area contributed by atoms with Gasteiger partial charge in [-0.3, -0.25) is 20.4 Å². The number of benzene rings is 2. The molecule has 0 aliphatic carbocycles. The largest absolute Gasteiger partial charge is 0.490 e. The van der Waals surface area contributed by atoms with Gasteiger partial charge in [-0.15, -0.1) is 0 Å². The molecule has 0 aliphatic heterocycles. The van der Waals surface area contributed by atoms with Gasteiger partial charge in [-0.25, -0.2) is 4.39 Å². The van der Waals surface area contributed by atoms with Crippen LogP contribution >= 0.6 is 0 Å². The Balaban J connectivity index is 1.78. The van der Waals surface area contributed by atoms with Crippen molar-refractivity contribution in [2.24, 2.45) is 0 Å². The molecule has 2 aromatic carbocycles. The van der Waals surface area contributed by atoms with Crippen LogP contribution in [0.1, 0.15) is 13.8 Å². The van der Waals surface area contributed by atoms with Gasteiger partial charge in [-0.1, -0.05) is 24.3 Å². The quantitative estimate of drug-likeness (QED) is 0.690. The second-order valence-electron chi connectivity index (χ2n) is 5.40. The highest BCUT2D eigenvalue weighted by Gasteiger charge is 2.17. The molecule has 2 rings (SSSR count). The Kier molecular flexibility index (Phi) is 7.42. The zero-order valence-electron chi connectivity index (χ0n) is 15.0. The summed E-state index contributed by atoms with van der Waals surface area (Å²) in [5.74, 6) is -0.917. The maximum atomic E-state index is 13.5. The normalized spacial score (nSPS) is 11.2. The number of ether oxygens (including phenoxy) is 3. The standard InChI is InChI=1S/C19H21FN2O5/c1-3-25-16-10-6-7-11-17(16)26-12-18(23)21-22-19(24)13(2)27-15-9-5-4-8-14(15)20/h4-11,13H,3,12H2,1-2H3,(H,21,23)(H,22,24)/t13-/m1/s1. The summed E-state index contributed by atoms with van der Waals surface area (Å²) < 4.78 is 29.5. The monoisotopic (exact) mass is 376 g/mol. The molecule has 2 N–H and O–H groups in total. The molecule has 7 nitrogen and oxygen atoms in total. The molecule has 0 unspecified atom stereocenters. The molecule has 27 heavy (non-hydrogen) atoms. The Hall–Kier alpha value is -3.29. The lowest BCUT2D eigenvalue weighted by atomic mass is 10.3. The van der Waals surface area contributed by atoms with E-state index in [1.807, 2.05) is 6.92 Å². The van der Waals surface area contributed by atoms with Crippen LogP contribution in [0, 0.1) is 5.82 Å². The van der Waals surface area contributed by atoms with Gasteiger partial charge in [-0.2, -0.15) is 0 Å². The lowest BCUT2D eigenvalue weighted by Crippen LogP contribution is -2.48. The third-order valence-electron chi connectivity index (χ3n) is 3.34. The maximum Gasteiger partial charge on any atom is 0.279 e. The van der Waals surface area contributed by atoms with Crippen molar-refractivity contribution in [3.8, 4) is 17.2 Å². The van der Waals surface area contributed by atoms with Crippen LogP contribution in [-0.4, -0.2) is 31.1 Å². The van der Waals surface area contributed by atoms with Crippen molar-refractivity contribution in [2.45, 2.75) is 20.0 Å². The van der Waals surface area contributed by atoms with Gasteiger partial charge in [0.15, 0.2) is 35.8 Å². The van der Waals surface area contributed by atoms with E-state index in [1.165, 1.54) is 25.1 Å². The molecule has 144 valence electrons. The first-order chi connectivity index (χ1) is 13.0. The molecule has 0 aliphatic rings. The van der Waals surface area contributed by atoms with Gasteiger partial charge in [0.1, 0.15) is 0 Å². The van der Waals surface area contributed by atoms with Crippen molar-refractivity contribution < 1.29 is 28.2 Å². The Morgan fingerprint density at radius 2 is 1.56 bits per heavy atom. The Labute approximate surface area is 156 Å². The average molecular weight is 376 g/mol. The number of nitrogens with one attached hydrogen (secondary N) is 2. The molecule has 0 fully saturated rings. The van der Waals surface area contributed by atoms with Crippen LogP contribution in [0.15, 0.2) is 48.5 Å². The summed E-state index contributed by atoms with van der Waals surface area (Å²) in [5, 5.41) is 0. The van der Waals surface area contributed by atoms with Crippen molar-refractivity contribution in [1.82, 2.24) is 10.9 Å². The summed E-state index contributed by atoms with van der Waals surface area (Å²) in [7, 11) is 0. The molecular formula is C19H21FN2O5. The number of carbonyl (C=O) groups excluding carboxylic acids is 2. The van der Waals surface area contributed by atoms with Gasteiger partial charge < -0.3 is 14.2 Å². The van der Waals surface area contributed by atoms with Gasteiger partial charge in [0.2, 0.25) is 0 Å². The van der Waals surface area contributed by atoms with Crippen LogP contribution in [0.2, 0.25) is 0 Å². The highest BCUT2D eigenvalue weighted by atomic mass is 19.1. The van der Waals surface area contributed by atoms with E-state index < -0.39 is 23.7 Å². The SMILES string of the molecule is CCOc1ccccc1OCC(=O)NNC(=O)[C@@H](C)Oc1ccccc1F. The van der Waals surface area contributed by atoms with Crippen LogP contribution in [0.25, 0.3) is 0 Å². The van der Waals surface area contributed by atoms with Gasteiger partial charge in [0.25, 0.3) is 11.8 Å². The van der Waals surface area contributed by atoms with Gasteiger partial charge >= 0.3 is 0 Å². The number of rotatable bonds is 8. The molecule has 1 atom stereocenters.